The van der Waals surface area contributed by atoms with Gasteiger partial charge in [-0.25, -0.2) is 0 Å². The highest BCUT2D eigenvalue weighted by Gasteiger charge is 2.33. The molecule has 4 heterocycles. The van der Waals surface area contributed by atoms with Gasteiger partial charge in [-0.2, -0.15) is 4.98 Å². The first-order valence-corrected chi connectivity index (χ1v) is 7.12. The Kier molecular flexibility index (Phi) is 3.05. The highest BCUT2D eigenvalue weighted by atomic mass is 16.5. The van der Waals surface area contributed by atoms with E-state index in [1.54, 1.807) is 18.6 Å². The zero-order valence-corrected chi connectivity index (χ0v) is 11.2. The number of piperidine rings is 1. The molecule has 2 fully saturated rings. The molecule has 0 aromatic carbocycles. The Bertz CT molecular complexity index is 566. The van der Waals surface area contributed by atoms with Crippen molar-refractivity contribution >= 4 is 0 Å². The maximum Gasteiger partial charge on any atom is 0.261 e. The molecule has 2 aromatic heterocycles. The largest absolute Gasteiger partial charge is 0.472 e. The van der Waals surface area contributed by atoms with Gasteiger partial charge < -0.3 is 13.7 Å². The van der Waals surface area contributed by atoms with Crippen molar-refractivity contribution in [3.8, 4) is 11.5 Å². The molecule has 2 atom stereocenters. The minimum Gasteiger partial charge on any atom is -0.472 e. The normalized spacial score (nSPS) is 27.4. The van der Waals surface area contributed by atoms with Gasteiger partial charge in [0.25, 0.3) is 5.89 Å². The first-order valence-electron chi connectivity index (χ1n) is 7.12. The van der Waals surface area contributed by atoms with Gasteiger partial charge in [-0.1, -0.05) is 11.6 Å². The van der Waals surface area contributed by atoms with Crippen molar-refractivity contribution in [2.45, 2.75) is 31.4 Å². The Hall–Kier alpha value is -1.66. The SMILES string of the molecule is c1cc(-c2nc([C@@H]3CN4CCCC[C@H]4CO3)no2)co1. The van der Waals surface area contributed by atoms with Crippen LogP contribution in [0.5, 0.6) is 0 Å². The van der Waals surface area contributed by atoms with E-state index in [1.165, 1.54) is 19.3 Å². The molecule has 2 saturated heterocycles. The number of rotatable bonds is 2. The molecule has 6 nitrogen and oxygen atoms in total. The Morgan fingerprint density at radius 1 is 1.30 bits per heavy atom. The standard InChI is InChI=1S/C14H17N3O3/c1-2-5-17-7-12(19-9-11(17)3-1)13-15-14(20-16-13)10-4-6-18-8-10/h4,6,8,11-12H,1-3,5,7,9H2/t11-,12-/m0/s1. The number of ether oxygens (including phenoxy) is 1. The molecule has 0 saturated carbocycles. The first kappa shape index (κ1) is 12.1. The van der Waals surface area contributed by atoms with Crippen molar-refractivity contribution in [2.24, 2.45) is 0 Å². The van der Waals surface area contributed by atoms with Gasteiger partial charge in [0.05, 0.1) is 18.4 Å². The molecule has 0 spiro atoms. The summed E-state index contributed by atoms with van der Waals surface area (Å²) in [7, 11) is 0. The highest BCUT2D eigenvalue weighted by Crippen LogP contribution is 2.29. The van der Waals surface area contributed by atoms with Crippen LogP contribution in [0, 0.1) is 0 Å². The van der Waals surface area contributed by atoms with E-state index in [1.807, 2.05) is 0 Å². The molecular weight excluding hydrogens is 258 g/mol. The lowest BCUT2D eigenvalue weighted by molar-refractivity contribution is -0.0805. The number of nitrogens with zero attached hydrogens (tertiary/aromatic N) is 3. The average molecular weight is 275 g/mol. The third-order valence-electron chi connectivity index (χ3n) is 4.14. The van der Waals surface area contributed by atoms with Crippen LogP contribution in [0.1, 0.15) is 31.2 Å². The number of morpholine rings is 1. The fourth-order valence-electron chi connectivity index (χ4n) is 3.01. The third kappa shape index (κ3) is 2.14. The molecule has 20 heavy (non-hydrogen) atoms. The van der Waals surface area contributed by atoms with Crippen LogP contribution in [0.15, 0.2) is 27.5 Å². The maximum absolute atomic E-state index is 5.91. The first-order chi connectivity index (χ1) is 9.90. The summed E-state index contributed by atoms with van der Waals surface area (Å²) < 4.78 is 16.2. The minimum atomic E-state index is -0.0891. The average Bonchev–Trinajstić information content (AvgIpc) is 3.17. The third-order valence-corrected chi connectivity index (χ3v) is 4.14. The van der Waals surface area contributed by atoms with Gasteiger partial charge in [0.15, 0.2) is 0 Å². The van der Waals surface area contributed by atoms with Gasteiger partial charge >= 0.3 is 0 Å². The van der Waals surface area contributed by atoms with Gasteiger partial charge in [-0.3, -0.25) is 4.90 Å². The van der Waals surface area contributed by atoms with E-state index in [-0.39, 0.29) is 6.10 Å². The van der Waals surface area contributed by atoms with Crippen molar-refractivity contribution < 1.29 is 13.7 Å². The van der Waals surface area contributed by atoms with Crippen molar-refractivity contribution in [1.82, 2.24) is 15.0 Å². The minimum absolute atomic E-state index is 0.0891. The Morgan fingerprint density at radius 2 is 2.30 bits per heavy atom. The quantitative estimate of drug-likeness (QED) is 0.837. The molecule has 0 unspecified atom stereocenters. The lowest BCUT2D eigenvalue weighted by Gasteiger charge is -2.41. The number of hydrogen-bond acceptors (Lipinski definition) is 6. The second kappa shape index (κ2) is 5.03. The number of fused-ring (bicyclic) bond motifs is 1. The van der Waals surface area contributed by atoms with Crippen molar-refractivity contribution in [1.29, 1.82) is 0 Å². The molecule has 0 aliphatic carbocycles. The smallest absolute Gasteiger partial charge is 0.261 e. The predicted octanol–water partition coefficient (Wildman–Crippen LogP) is 2.26. The predicted molar refractivity (Wildman–Crippen MR) is 69.9 cm³/mol. The molecule has 2 aliphatic rings. The fraction of sp³-hybridized carbons (Fsp3) is 0.571. The van der Waals surface area contributed by atoms with Gasteiger partial charge in [0.1, 0.15) is 12.4 Å². The van der Waals surface area contributed by atoms with E-state index in [4.69, 9.17) is 13.7 Å². The number of hydrogen-bond donors (Lipinski definition) is 0. The summed E-state index contributed by atoms with van der Waals surface area (Å²) in [6.07, 6.45) is 6.92. The topological polar surface area (TPSA) is 64.5 Å². The Morgan fingerprint density at radius 3 is 3.20 bits per heavy atom. The van der Waals surface area contributed by atoms with Crippen LogP contribution in [0.25, 0.3) is 11.5 Å². The van der Waals surface area contributed by atoms with Crippen LogP contribution in [-0.2, 0) is 4.74 Å². The summed E-state index contributed by atoms with van der Waals surface area (Å²) in [6, 6.07) is 2.37. The van der Waals surface area contributed by atoms with Crippen molar-refractivity contribution in [2.75, 3.05) is 19.7 Å². The van der Waals surface area contributed by atoms with Gasteiger partial charge in [-0.05, 0) is 25.5 Å². The summed E-state index contributed by atoms with van der Waals surface area (Å²) in [5.74, 6) is 1.11. The monoisotopic (exact) mass is 275 g/mol. The number of aromatic nitrogens is 2. The van der Waals surface area contributed by atoms with E-state index in [0.717, 1.165) is 25.3 Å². The zero-order valence-electron chi connectivity index (χ0n) is 11.2. The van der Waals surface area contributed by atoms with Crippen molar-refractivity contribution in [3.63, 3.8) is 0 Å². The van der Waals surface area contributed by atoms with Crippen LogP contribution in [0.2, 0.25) is 0 Å². The van der Waals surface area contributed by atoms with Gasteiger partial charge in [0.2, 0.25) is 5.82 Å². The van der Waals surface area contributed by atoms with Gasteiger partial charge in [0, 0.05) is 12.6 Å². The Balaban J connectivity index is 1.50. The van der Waals surface area contributed by atoms with E-state index in [9.17, 15) is 0 Å². The maximum atomic E-state index is 5.91. The van der Waals surface area contributed by atoms with Crippen LogP contribution in [-0.4, -0.2) is 40.8 Å². The Labute approximate surface area is 116 Å². The summed E-state index contributed by atoms with van der Waals surface area (Å²) in [4.78, 5) is 6.92. The number of furan rings is 1. The summed E-state index contributed by atoms with van der Waals surface area (Å²) >= 11 is 0. The summed E-state index contributed by atoms with van der Waals surface area (Å²) in [5.41, 5.74) is 0.801. The van der Waals surface area contributed by atoms with E-state index in [2.05, 4.69) is 15.0 Å². The zero-order chi connectivity index (χ0) is 13.4. The lowest BCUT2D eigenvalue weighted by Crippen LogP contribution is -2.49. The van der Waals surface area contributed by atoms with Crippen LogP contribution in [0.4, 0.5) is 0 Å². The van der Waals surface area contributed by atoms with Crippen LogP contribution >= 0.6 is 0 Å². The summed E-state index contributed by atoms with van der Waals surface area (Å²) in [6.45, 7) is 2.77. The second-order valence-corrected chi connectivity index (χ2v) is 5.44. The van der Waals surface area contributed by atoms with E-state index >= 15 is 0 Å². The second-order valence-electron chi connectivity index (χ2n) is 5.44. The molecule has 2 aliphatic heterocycles. The molecule has 6 heteroatoms. The highest BCUT2D eigenvalue weighted by molar-refractivity contribution is 5.49. The van der Waals surface area contributed by atoms with E-state index in [0.29, 0.717) is 17.8 Å². The lowest BCUT2D eigenvalue weighted by atomic mass is 10.0. The fourth-order valence-corrected chi connectivity index (χ4v) is 3.01. The molecule has 4 rings (SSSR count). The van der Waals surface area contributed by atoms with Crippen molar-refractivity contribution in [3.05, 3.63) is 24.4 Å². The summed E-state index contributed by atoms with van der Waals surface area (Å²) in [5, 5.41) is 4.05. The van der Waals surface area contributed by atoms with Crippen LogP contribution in [0.3, 0.4) is 0 Å². The van der Waals surface area contributed by atoms with Crippen LogP contribution < -0.4 is 0 Å². The molecule has 2 aromatic rings. The molecule has 0 N–H and O–H groups in total. The molecule has 0 amide bonds. The molecule has 0 radical (unpaired) electrons. The molecule has 0 bridgehead atoms. The molecular formula is C14H17N3O3. The van der Waals surface area contributed by atoms with Gasteiger partial charge in [-0.15, -0.1) is 0 Å². The van der Waals surface area contributed by atoms with E-state index < -0.39 is 0 Å². The molecule has 106 valence electrons.